The van der Waals surface area contributed by atoms with E-state index in [9.17, 15) is 4.79 Å². The molecule has 0 aliphatic rings. The minimum atomic E-state index is -0.256. The molecule has 0 saturated carbocycles. The average molecular weight is 556 g/mol. The third-order valence-electron chi connectivity index (χ3n) is 4.56. The predicted molar refractivity (Wildman–Crippen MR) is 141 cm³/mol. The molecule has 1 amide bonds. The standard InChI is InChI=1S/C24H37N5O2.HI/c1-7-25-23(29(6)18-22(30)27-24(2,3)4)26-15-19-11-8-9-12-20(19)16-28(5)17-21-13-10-14-31-21;/h8-14H,7,15-18H2,1-6H3,(H,25,26)(H,27,30);1H. The van der Waals surface area contributed by atoms with E-state index in [1.807, 2.05) is 57.8 Å². The molecule has 2 rings (SSSR count). The molecule has 8 heteroatoms. The second-order valence-corrected chi connectivity index (χ2v) is 8.84. The van der Waals surface area contributed by atoms with Crippen LogP contribution < -0.4 is 10.6 Å². The van der Waals surface area contributed by atoms with Crippen LogP contribution in [0.5, 0.6) is 0 Å². The molecule has 0 saturated heterocycles. The lowest BCUT2D eigenvalue weighted by atomic mass is 10.1. The monoisotopic (exact) mass is 555 g/mol. The maximum absolute atomic E-state index is 12.3. The van der Waals surface area contributed by atoms with Gasteiger partial charge in [0.05, 0.1) is 25.9 Å². The lowest BCUT2D eigenvalue weighted by molar-refractivity contribution is -0.122. The Balaban J connectivity index is 0.00000512. The Morgan fingerprint density at radius 3 is 2.34 bits per heavy atom. The lowest BCUT2D eigenvalue weighted by Crippen LogP contribution is -2.48. The number of aliphatic imine (C=N–C) groups is 1. The van der Waals surface area contributed by atoms with E-state index in [2.05, 4.69) is 40.8 Å². The van der Waals surface area contributed by atoms with Gasteiger partial charge in [-0.05, 0) is 58.0 Å². The van der Waals surface area contributed by atoms with Crippen LogP contribution >= 0.6 is 24.0 Å². The van der Waals surface area contributed by atoms with E-state index in [1.165, 1.54) is 5.56 Å². The van der Waals surface area contributed by atoms with Gasteiger partial charge in [0.1, 0.15) is 5.76 Å². The largest absolute Gasteiger partial charge is 0.468 e. The van der Waals surface area contributed by atoms with Gasteiger partial charge in [0.2, 0.25) is 5.91 Å². The van der Waals surface area contributed by atoms with Crippen molar-refractivity contribution in [1.29, 1.82) is 0 Å². The number of hydrogen-bond acceptors (Lipinski definition) is 4. The molecule has 0 aliphatic carbocycles. The van der Waals surface area contributed by atoms with Crippen LogP contribution in [0, 0.1) is 0 Å². The highest BCUT2D eigenvalue weighted by atomic mass is 127. The van der Waals surface area contributed by atoms with Crippen LogP contribution in [-0.2, 0) is 24.4 Å². The minimum Gasteiger partial charge on any atom is -0.468 e. The summed E-state index contributed by atoms with van der Waals surface area (Å²) in [5.41, 5.74) is 2.13. The first-order chi connectivity index (χ1) is 14.7. The SMILES string of the molecule is CCNC(=NCc1ccccc1CN(C)Cc1ccco1)N(C)CC(=O)NC(C)(C)C.I. The number of carbonyl (C=O) groups excluding carboxylic acids is 1. The van der Waals surface area contributed by atoms with Crippen molar-refractivity contribution in [2.45, 2.75) is 52.9 Å². The molecule has 178 valence electrons. The smallest absolute Gasteiger partial charge is 0.240 e. The quantitative estimate of drug-likeness (QED) is 0.280. The van der Waals surface area contributed by atoms with Crippen molar-refractivity contribution >= 4 is 35.8 Å². The molecule has 0 radical (unpaired) electrons. The zero-order chi connectivity index (χ0) is 22.9. The van der Waals surface area contributed by atoms with E-state index in [0.717, 1.165) is 31.0 Å². The summed E-state index contributed by atoms with van der Waals surface area (Å²) in [6.45, 7) is 11.0. The van der Waals surface area contributed by atoms with Crippen LogP contribution in [-0.4, -0.2) is 54.4 Å². The first kappa shape index (κ1) is 28.0. The Hall–Kier alpha value is -2.07. The predicted octanol–water partition coefficient (Wildman–Crippen LogP) is 3.84. The van der Waals surface area contributed by atoms with Gasteiger partial charge in [-0.25, -0.2) is 4.99 Å². The van der Waals surface area contributed by atoms with E-state index in [4.69, 9.17) is 9.41 Å². The van der Waals surface area contributed by atoms with E-state index in [0.29, 0.717) is 12.5 Å². The van der Waals surface area contributed by atoms with Gasteiger partial charge < -0.3 is 20.0 Å². The molecule has 0 aliphatic heterocycles. The Kier molecular flexibility index (Phi) is 11.8. The highest BCUT2D eigenvalue weighted by Crippen LogP contribution is 2.14. The molecule has 1 aromatic carbocycles. The Morgan fingerprint density at radius 1 is 1.06 bits per heavy atom. The van der Waals surface area contributed by atoms with Crippen LogP contribution in [0.15, 0.2) is 52.1 Å². The highest BCUT2D eigenvalue weighted by molar-refractivity contribution is 14.0. The van der Waals surface area contributed by atoms with Gasteiger partial charge in [-0.1, -0.05) is 24.3 Å². The molecule has 1 aromatic heterocycles. The van der Waals surface area contributed by atoms with E-state index in [-0.39, 0.29) is 42.0 Å². The van der Waals surface area contributed by atoms with Crippen LogP contribution in [0.2, 0.25) is 0 Å². The Morgan fingerprint density at radius 2 is 1.75 bits per heavy atom. The second kappa shape index (κ2) is 13.5. The van der Waals surface area contributed by atoms with Gasteiger partial charge in [-0.3, -0.25) is 9.69 Å². The molecule has 0 unspecified atom stereocenters. The van der Waals surface area contributed by atoms with Crippen LogP contribution in [0.1, 0.15) is 44.6 Å². The number of nitrogens with one attached hydrogen (secondary N) is 2. The van der Waals surface area contributed by atoms with Crippen molar-refractivity contribution in [1.82, 2.24) is 20.4 Å². The summed E-state index contributed by atoms with van der Waals surface area (Å²) in [7, 11) is 3.96. The lowest BCUT2D eigenvalue weighted by Gasteiger charge is -2.25. The number of furan rings is 1. The maximum Gasteiger partial charge on any atom is 0.240 e. The Bertz CT molecular complexity index is 846. The number of benzene rings is 1. The normalized spacial score (nSPS) is 11.8. The topological polar surface area (TPSA) is 73.1 Å². The van der Waals surface area contributed by atoms with Gasteiger partial charge >= 0.3 is 0 Å². The van der Waals surface area contributed by atoms with Crippen molar-refractivity contribution in [2.75, 3.05) is 27.2 Å². The van der Waals surface area contributed by atoms with E-state index in [1.54, 1.807) is 6.26 Å². The molecule has 2 aromatic rings. The van der Waals surface area contributed by atoms with Crippen LogP contribution in [0.25, 0.3) is 0 Å². The van der Waals surface area contributed by atoms with Gasteiger partial charge in [0, 0.05) is 25.7 Å². The van der Waals surface area contributed by atoms with Gasteiger partial charge in [0.25, 0.3) is 0 Å². The van der Waals surface area contributed by atoms with Crippen molar-refractivity contribution in [3.8, 4) is 0 Å². The summed E-state index contributed by atoms with van der Waals surface area (Å²) in [6, 6.07) is 12.2. The first-order valence-electron chi connectivity index (χ1n) is 10.8. The number of nitrogens with zero attached hydrogens (tertiary/aromatic N) is 3. The summed E-state index contributed by atoms with van der Waals surface area (Å²) < 4.78 is 5.46. The van der Waals surface area contributed by atoms with E-state index < -0.39 is 0 Å². The zero-order valence-electron chi connectivity index (χ0n) is 20.1. The van der Waals surface area contributed by atoms with Crippen molar-refractivity contribution < 1.29 is 9.21 Å². The van der Waals surface area contributed by atoms with Gasteiger partial charge in [0.15, 0.2) is 5.96 Å². The summed E-state index contributed by atoms with van der Waals surface area (Å²) in [5.74, 6) is 1.63. The number of carbonyl (C=O) groups is 1. The molecule has 7 nitrogen and oxygen atoms in total. The number of rotatable bonds is 9. The number of halogens is 1. The number of guanidine groups is 1. The summed E-state index contributed by atoms with van der Waals surface area (Å²) in [6.07, 6.45) is 1.70. The minimum absolute atomic E-state index is 0. The molecule has 0 bridgehead atoms. The van der Waals surface area contributed by atoms with Crippen LogP contribution in [0.3, 0.4) is 0 Å². The number of likely N-dealkylation sites (N-methyl/N-ethyl adjacent to an activating group) is 1. The third-order valence-corrected chi connectivity index (χ3v) is 4.56. The molecule has 0 fully saturated rings. The molecule has 2 N–H and O–H groups in total. The summed E-state index contributed by atoms with van der Waals surface area (Å²) >= 11 is 0. The van der Waals surface area contributed by atoms with Crippen molar-refractivity contribution in [3.05, 3.63) is 59.5 Å². The van der Waals surface area contributed by atoms with Crippen molar-refractivity contribution in [3.63, 3.8) is 0 Å². The fourth-order valence-corrected chi connectivity index (χ4v) is 3.26. The van der Waals surface area contributed by atoms with Gasteiger partial charge in [-0.15, -0.1) is 24.0 Å². The molecule has 32 heavy (non-hydrogen) atoms. The third kappa shape index (κ3) is 10.0. The van der Waals surface area contributed by atoms with Crippen molar-refractivity contribution in [2.24, 2.45) is 4.99 Å². The van der Waals surface area contributed by atoms with E-state index >= 15 is 0 Å². The summed E-state index contributed by atoms with van der Waals surface area (Å²) in [5, 5.41) is 6.28. The first-order valence-corrected chi connectivity index (χ1v) is 10.8. The molecular weight excluding hydrogens is 517 g/mol. The highest BCUT2D eigenvalue weighted by Gasteiger charge is 2.17. The second-order valence-electron chi connectivity index (χ2n) is 8.84. The average Bonchev–Trinajstić information content (AvgIpc) is 3.17. The number of hydrogen-bond donors (Lipinski definition) is 2. The molecular formula is C24H38IN5O2. The Labute approximate surface area is 209 Å². The molecule has 1 heterocycles. The fraction of sp³-hybridized carbons (Fsp3) is 0.500. The zero-order valence-corrected chi connectivity index (χ0v) is 22.5. The van der Waals surface area contributed by atoms with Crippen LogP contribution in [0.4, 0.5) is 0 Å². The van der Waals surface area contributed by atoms with Gasteiger partial charge in [-0.2, -0.15) is 0 Å². The summed E-state index contributed by atoms with van der Waals surface area (Å²) in [4.78, 5) is 21.2. The molecule has 0 spiro atoms. The maximum atomic E-state index is 12.3. The number of amides is 1. The molecule has 0 atom stereocenters. The fourth-order valence-electron chi connectivity index (χ4n) is 3.26.